The molecule has 0 unspecified atom stereocenters. The second-order valence-corrected chi connectivity index (χ2v) is 8.21. The van der Waals surface area contributed by atoms with Gasteiger partial charge >= 0.3 is 6.18 Å². The van der Waals surface area contributed by atoms with Crippen LogP contribution in [0.5, 0.6) is 5.75 Å². The minimum atomic E-state index is -4.28. The van der Waals surface area contributed by atoms with Crippen LogP contribution < -0.4 is 9.64 Å². The Hall–Kier alpha value is -2.00. The van der Waals surface area contributed by atoms with Crippen molar-refractivity contribution in [1.29, 1.82) is 0 Å². The largest absolute Gasteiger partial charge is 0.497 e. The first-order valence-corrected chi connectivity index (χ1v) is 10.4. The summed E-state index contributed by atoms with van der Waals surface area (Å²) in [6, 6.07) is 7.52. The van der Waals surface area contributed by atoms with Gasteiger partial charge in [0.05, 0.1) is 18.6 Å². The van der Waals surface area contributed by atoms with Crippen molar-refractivity contribution in [2.24, 2.45) is 0 Å². The molecule has 164 valence electrons. The van der Waals surface area contributed by atoms with Crippen molar-refractivity contribution < 1.29 is 26.7 Å². The Morgan fingerprint density at radius 3 is 2.30 bits per heavy atom. The second kappa shape index (κ2) is 9.43. The van der Waals surface area contributed by atoms with Gasteiger partial charge in [-0.05, 0) is 30.7 Å². The molecule has 0 spiro atoms. The molecule has 9 heteroatoms. The fourth-order valence-corrected chi connectivity index (χ4v) is 4.17. The molecular weight excluding hydrogens is 423 g/mol. The fourth-order valence-electron chi connectivity index (χ4n) is 3.37. The van der Waals surface area contributed by atoms with E-state index >= 15 is 0 Å². The van der Waals surface area contributed by atoms with Gasteiger partial charge in [-0.1, -0.05) is 6.07 Å². The molecule has 3 nitrogen and oxygen atoms in total. The van der Waals surface area contributed by atoms with Crippen molar-refractivity contribution in [3.05, 3.63) is 53.1 Å². The molecule has 1 heterocycles. The Labute approximate surface area is 176 Å². The molecule has 2 aromatic rings. The molecule has 3 rings (SSSR count). The van der Waals surface area contributed by atoms with Crippen LogP contribution >= 0.6 is 11.8 Å². The van der Waals surface area contributed by atoms with Crippen LogP contribution in [0.3, 0.4) is 0 Å². The van der Waals surface area contributed by atoms with E-state index in [-0.39, 0.29) is 5.82 Å². The maximum absolute atomic E-state index is 14.5. The fraction of sp³-hybridized carbons (Fsp3) is 0.429. The SMILES string of the molecule is COc1ccc(CN2CCN(c3cc(SCC(F)(F)F)c(C)cc3F)CC2)c(F)c1. The summed E-state index contributed by atoms with van der Waals surface area (Å²) < 4.78 is 71.4. The zero-order valence-electron chi connectivity index (χ0n) is 16.7. The minimum Gasteiger partial charge on any atom is -0.497 e. The number of halogens is 5. The van der Waals surface area contributed by atoms with E-state index in [9.17, 15) is 22.0 Å². The van der Waals surface area contributed by atoms with Crippen molar-refractivity contribution in [3.63, 3.8) is 0 Å². The zero-order chi connectivity index (χ0) is 21.9. The first-order valence-electron chi connectivity index (χ1n) is 9.45. The van der Waals surface area contributed by atoms with Crippen LogP contribution in [0.4, 0.5) is 27.6 Å². The third-order valence-electron chi connectivity index (χ3n) is 5.00. The van der Waals surface area contributed by atoms with Crippen LogP contribution in [0.2, 0.25) is 0 Å². The lowest BCUT2D eigenvalue weighted by Gasteiger charge is -2.36. The number of ether oxygens (including phenoxy) is 1. The average Bonchev–Trinajstić information content (AvgIpc) is 2.69. The number of benzene rings is 2. The predicted octanol–water partition coefficient (Wildman–Crippen LogP) is 5.26. The average molecular weight is 446 g/mol. The molecule has 0 N–H and O–H groups in total. The van der Waals surface area contributed by atoms with Gasteiger partial charge in [-0.2, -0.15) is 13.2 Å². The van der Waals surface area contributed by atoms with Crippen LogP contribution in [0.15, 0.2) is 35.2 Å². The quantitative estimate of drug-likeness (QED) is 0.444. The molecule has 1 aliphatic rings. The molecule has 1 aliphatic heterocycles. The van der Waals surface area contributed by atoms with Gasteiger partial charge in [-0.25, -0.2) is 8.78 Å². The summed E-state index contributed by atoms with van der Waals surface area (Å²) in [5.74, 6) is -1.35. The molecule has 0 amide bonds. The highest BCUT2D eigenvalue weighted by molar-refractivity contribution is 7.99. The third-order valence-corrected chi connectivity index (χ3v) is 6.23. The van der Waals surface area contributed by atoms with Crippen LogP contribution in [0.1, 0.15) is 11.1 Å². The number of nitrogens with zero attached hydrogens (tertiary/aromatic N) is 2. The Morgan fingerprint density at radius 2 is 1.70 bits per heavy atom. The molecule has 0 atom stereocenters. The lowest BCUT2D eigenvalue weighted by atomic mass is 10.1. The Kier molecular flexibility index (Phi) is 7.13. The van der Waals surface area contributed by atoms with Crippen molar-refractivity contribution in [2.75, 3.05) is 43.9 Å². The molecule has 1 fully saturated rings. The predicted molar refractivity (Wildman–Crippen MR) is 108 cm³/mol. The maximum atomic E-state index is 14.5. The van der Waals surface area contributed by atoms with E-state index in [0.717, 1.165) is 0 Å². The number of thioether (sulfide) groups is 1. The topological polar surface area (TPSA) is 15.7 Å². The summed E-state index contributed by atoms with van der Waals surface area (Å²) in [7, 11) is 1.48. The smallest absolute Gasteiger partial charge is 0.398 e. The van der Waals surface area contributed by atoms with E-state index in [4.69, 9.17) is 4.74 Å². The van der Waals surface area contributed by atoms with Gasteiger partial charge in [-0.3, -0.25) is 4.90 Å². The summed E-state index contributed by atoms with van der Waals surface area (Å²) in [4.78, 5) is 4.31. The van der Waals surface area contributed by atoms with Gasteiger partial charge in [0.2, 0.25) is 0 Å². The monoisotopic (exact) mass is 446 g/mol. The summed E-state index contributed by atoms with van der Waals surface area (Å²) in [6.07, 6.45) is -4.28. The van der Waals surface area contributed by atoms with Gasteiger partial charge in [0.25, 0.3) is 0 Å². The Morgan fingerprint density at radius 1 is 1.00 bits per heavy atom. The molecule has 30 heavy (non-hydrogen) atoms. The highest BCUT2D eigenvalue weighted by Crippen LogP contribution is 2.34. The van der Waals surface area contributed by atoms with Crippen LogP contribution in [-0.2, 0) is 6.54 Å². The maximum Gasteiger partial charge on any atom is 0.398 e. The summed E-state index contributed by atoms with van der Waals surface area (Å²) >= 11 is 0.667. The van der Waals surface area contributed by atoms with Crippen molar-refractivity contribution in [1.82, 2.24) is 4.90 Å². The van der Waals surface area contributed by atoms with E-state index in [2.05, 4.69) is 4.90 Å². The molecule has 0 bridgehead atoms. The van der Waals surface area contributed by atoms with Crippen LogP contribution in [0, 0.1) is 18.6 Å². The lowest BCUT2D eigenvalue weighted by Crippen LogP contribution is -2.46. The Balaban J connectivity index is 1.64. The van der Waals surface area contributed by atoms with Crippen LogP contribution in [-0.4, -0.2) is 50.1 Å². The van der Waals surface area contributed by atoms with E-state index in [1.165, 1.54) is 25.3 Å². The molecule has 1 saturated heterocycles. The number of methoxy groups -OCH3 is 1. The van der Waals surface area contributed by atoms with Crippen LogP contribution in [0.25, 0.3) is 0 Å². The summed E-state index contributed by atoms with van der Waals surface area (Å²) in [6.45, 7) is 4.20. The molecule has 0 saturated carbocycles. The number of rotatable bonds is 6. The standard InChI is InChI=1S/C21H23F5N2OS/c1-14-9-18(23)19(11-20(14)30-13-21(24,25)26)28-7-5-27(6-8-28)12-15-3-4-16(29-2)10-17(15)22/h3-4,9-11H,5-8,12-13H2,1-2H3. The molecule has 0 aliphatic carbocycles. The number of aryl methyl sites for hydroxylation is 1. The molecule has 0 radical (unpaired) electrons. The number of alkyl halides is 3. The van der Waals surface area contributed by atoms with Gasteiger partial charge in [0, 0.05) is 49.2 Å². The minimum absolute atomic E-state index is 0.306. The van der Waals surface area contributed by atoms with Gasteiger partial charge < -0.3 is 9.64 Å². The Bertz CT molecular complexity index is 882. The second-order valence-electron chi connectivity index (χ2n) is 7.19. The first-order chi connectivity index (χ1) is 14.2. The van der Waals surface area contributed by atoms with Gasteiger partial charge in [0.1, 0.15) is 17.4 Å². The summed E-state index contributed by atoms with van der Waals surface area (Å²) in [5, 5.41) is 0. The molecule has 2 aromatic carbocycles. The number of piperazine rings is 1. The first kappa shape index (κ1) is 22.7. The number of hydrogen-bond acceptors (Lipinski definition) is 4. The number of anilines is 1. The van der Waals surface area contributed by atoms with Crippen molar-refractivity contribution in [2.45, 2.75) is 24.5 Å². The zero-order valence-corrected chi connectivity index (χ0v) is 17.5. The highest BCUT2D eigenvalue weighted by atomic mass is 32.2. The van der Waals surface area contributed by atoms with E-state index in [0.29, 0.717) is 71.9 Å². The van der Waals surface area contributed by atoms with E-state index in [1.54, 1.807) is 19.1 Å². The van der Waals surface area contributed by atoms with E-state index < -0.39 is 17.7 Å². The molecule has 0 aromatic heterocycles. The van der Waals surface area contributed by atoms with Crippen molar-refractivity contribution >= 4 is 17.4 Å². The van der Waals surface area contributed by atoms with E-state index in [1.807, 2.05) is 4.90 Å². The molecular formula is C21H23F5N2OS. The summed E-state index contributed by atoms with van der Waals surface area (Å²) in [5.41, 5.74) is 1.34. The van der Waals surface area contributed by atoms with Gasteiger partial charge in [-0.15, -0.1) is 11.8 Å². The van der Waals surface area contributed by atoms with Crippen molar-refractivity contribution in [3.8, 4) is 5.75 Å². The normalized spacial score (nSPS) is 15.5. The highest BCUT2D eigenvalue weighted by Gasteiger charge is 2.28. The third kappa shape index (κ3) is 5.78. The number of hydrogen-bond donors (Lipinski definition) is 0. The van der Waals surface area contributed by atoms with Gasteiger partial charge in [0.15, 0.2) is 0 Å². The lowest BCUT2D eigenvalue weighted by molar-refractivity contribution is -0.105.